The highest BCUT2D eigenvalue weighted by Crippen LogP contribution is 2.17. The minimum Gasteiger partial charge on any atom is -0.396 e. The monoisotopic (exact) mass is 160 g/mol. The zero-order valence-corrected chi connectivity index (χ0v) is 7.75. The summed E-state index contributed by atoms with van der Waals surface area (Å²) in [6, 6.07) is 0. The highest BCUT2D eigenvalue weighted by atomic mass is 16.3. The van der Waals surface area contributed by atoms with Crippen LogP contribution in [-0.4, -0.2) is 22.9 Å². The van der Waals surface area contributed by atoms with E-state index < -0.39 is 0 Å². The number of hydrogen-bond donors (Lipinski definition) is 2. The van der Waals surface area contributed by atoms with Gasteiger partial charge in [-0.3, -0.25) is 0 Å². The molecule has 0 bridgehead atoms. The molecular formula is C9H20O2. The van der Waals surface area contributed by atoms with Crippen molar-refractivity contribution >= 4 is 0 Å². The van der Waals surface area contributed by atoms with Crippen molar-refractivity contribution in [1.82, 2.24) is 0 Å². The molecule has 0 spiro atoms. The van der Waals surface area contributed by atoms with Gasteiger partial charge in [-0.15, -0.1) is 0 Å². The molecule has 0 rings (SSSR count). The molecule has 0 aromatic carbocycles. The third-order valence-corrected chi connectivity index (χ3v) is 2.32. The highest BCUT2D eigenvalue weighted by Gasteiger charge is 2.16. The minimum absolute atomic E-state index is 0.182. The lowest BCUT2D eigenvalue weighted by molar-refractivity contribution is 0.0765. The Morgan fingerprint density at radius 3 is 2.09 bits per heavy atom. The van der Waals surface area contributed by atoms with Crippen LogP contribution in [0.25, 0.3) is 0 Å². The molecule has 0 aromatic heterocycles. The third kappa shape index (κ3) is 4.38. The molecule has 0 heterocycles. The first-order valence-corrected chi connectivity index (χ1v) is 4.38. The van der Waals surface area contributed by atoms with Crippen LogP contribution < -0.4 is 0 Å². The second kappa shape index (κ2) is 5.56. The SMILES string of the molecule is CC(C)C(C)C(O)CCCO. The van der Waals surface area contributed by atoms with E-state index in [1.165, 1.54) is 0 Å². The number of hydrogen-bond acceptors (Lipinski definition) is 2. The lowest BCUT2D eigenvalue weighted by Crippen LogP contribution is -2.22. The standard InChI is InChI=1S/C9H20O2/c1-7(2)8(3)9(11)5-4-6-10/h7-11H,4-6H2,1-3H3. The van der Waals surface area contributed by atoms with Gasteiger partial charge >= 0.3 is 0 Å². The molecule has 0 saturated carbocycles. The maximum atomic E-state index is 9.51. The predicted molar refractivity (Wildman–Crippen MR) is 46.3 cm³/mol. The summed E-state index contributed by atoms with van der Waals surface area (Å²) in [5.41, 5.74) is 0. The molecule has 0 aromatic rings. The van der Waals surface area contributed by atoms with E-state index in [2.05, 4.69) is 13.8 Å². The van der Waals surface area contributed by atoms with Crippen LogP contribution in [0.15, 0.2) is 0 Å². The topological polar surface area (TPSA) is 40.5 Å². The average Bonchev–Trinajstić information content (AvgIpc) is 1.98. The first-order chi connectivity index (χ1) is 5.09. The van der Waals surface area contributed by atoms with Gasteiger partial charge in [-0.1, -0.05) is 20.8 Å². The second-order valence-electron chi connectivity index (χ2n) is 3.54. The van der Waals surface area contributed by atoms with Gasteiger partial charge < -0.3 is 10.2 Å². The van der Waals surface area contributed by atoms with Crippen LogP contribution in [0.5, 0.6) is 0 Å². The van der Waals surface area contributed by atoms with Crippen LogP contribution in [-0.2, 0) is 0 Å². The average molecular weight is 160 g/mol. The highest BCUT2D eigenvalue weighted by molar-refractivity contribution is 4.66. The minimum atomic E-state index is -0.248. The Bertz CT molecular complexity index is 91.6. The molecule has 2 atom stereocenters. The molecule has 0 aliphatic carbocycles. The number of rotatable bonds is 5. The van der Waals surface area contributed by atoms with Crippen LogP contribution in [0.4, 0.5) is 0 Å². The third-order valence-electron chi connectivity index (χ3n) is 2.32. The molecule has 11 heavy (non-hydrogen) atoms. The quantitative estimate of drug-likeness (QED) is 0.638. The lowest BCUT2D eigenvalue weighted by Gasteiger charge is -2.21. The molecule has 0 saturated heterocycles. The molecule has 0 aliphatic rings. The fourth-order valence-corrected chi connectivity index (χ4v) is 1.01. The van der Waals surface area contributed by atoms with E-state index in [4.69, 9.17) is 5.11 Å². The Morgan fingerprint density at radius 1 is 1.18 bits per heavy atom. The van der Waals surface area contributed by atoms with E-state index in [-0.39, 0.29) is 12.7 Å². The summed E-state index contributed by atoms with van der Waals surface area (Å²) in [5, 5.41) is 18.0. The van der Waals surface area contributed by atoms with Crippen molar-refractivity contribution in [3.8, 4) is 0 Å². The summed E-state index contributed by atoms with van der Waals surface area (Å²) in [7, 11) is 0. The summed E-state index contributed by atoms with van der Waals surface area (Å²) in [6.45, 7) is 6.44. The van der Waals surface area contributed by atoms with E-state index in [0.717, 1.165) is 6.42 Å². The van der Waals surface area contributed by atoms with Gasteiger partial charge in [0.1, 0.15) is 0 Å². The summed E-state index contributed by atoms with van der Waals surface area (Å²) in [6.07, 6.45) is 1.18. The normalized spacial score (nSPS) is 16.9. The zero-order chi connectivity index (χ0) is 8.85. The van der Waals surface area contributed by atoms with Crippen molar-refractivity contribution in [2.24, 2.45) is 11.8 Å². The predicted octanol–water partition coefficient (Wildman–Crippen LogP) is 1.41. The van der Waals surface area contributed by atoms with Crippen molar-refractivity contribution < 1.29 is 10.2 Å². The summed E-state index contributed by atoms with van der Waals surface area (Å²) in [4.78, 5) is 0. The fourth-order valence-electron chi connectivity index (χ4n) is 1.01. The molecule has 2 nitrogen and oxygen atoms in total. The van der Waals surface area contributed by atoms with Gasteiger partial charge in [0.15, 0.2) is 0 Å². The maximum Gasteiger partial charge on any atom is 0.0569 e. The maximum absolute atomic E-state index is 9.51. The Balaban J connectivity index is 3.55. The summed E-state index contributed by atoms with van der Waals surface area (Å²) < 4.78 is 0. The van der Waals surface area contributed by atoms with Crippen molar-refractivity contribution in [1.29, 1.82) is 0 Å². The smallest absolute Gasteiger partial charge is 0.0569 e. The van der Waals surface area contributed by atoms with Crippen LogP contribution >= 0.6 is 0 Å². The molecule has 2 heteroatoms. The van der Waals surface area contributed by atoms with E-state index in [1.807, 2.05) is 6.92 Å². The summed E-state index contributed by atoms with van der Waals surface area (Å²) >= 11 is 0. The molecule has 2 unspecified atom stereocenters. The van der Waals surface area contributed by atoms with Gasteiger partial charge in [0.25, 0.3) is 0 Å². The van der Waals surface area contributed by atoms with E-state index in [9.17, 15) is 5.11 Å². The first-order valence-electron chi connectivity index (χ1n) is 4.38. The van der Waals surface area contributed by atoms with Gasteiger partial charge in [-0.25, -0.2) is 0 Å². The van der Waals surface area contributed by atoms with Crippen molar-refractivity contribution in [2.45, 2.75) is 39.7 Å². The largest absolute Gasteiger partial charge is 0.396 e. The molecule has 68 valence electrons. The van der Waals surface area contributed by atoms with E-state index >= 15 is 0 Å². The Kier molecular flexibility index (Phi) is 5.51. The number of aliphatic hydroxyl groups excluding tert-OH is 2. The van der Waals surface area contributed by atoms with Gasteiger partial charge in [0.05, 0.1) is 6.10 Å². The molecule has 0 amide bonds. The van der Waals surface area contributed by atoms with Crippen LogP contribution in [0.2, 0.25) is 0 Å². The fraction of sp³-hybridized carbons (Fsp3) is 1.00. The molecular weight excluding hydrogens is 140 g/mol. The molecule has 0 radical (unpaired) electrons. The van der Waals surface area contributed by atoms with E-state index in [0.29, 0.717) is 18.3 Å². The number of aliphatic hydroxyl groups is 2. The van der Waals surface area contributed by atoms with Crippen molar-refractivity contribution in [2.75, 3.05) is 6.61 Å². The summed E-state index contributed by atoms with van der Waals surface area (Å²) in [5.74, 6) is 0.852. The molecule has 0 aliphatic heterocycles. The van der Waals surface area contributed by atoms with Crippen LogP contribution in [0.1, 0.15) is 33.6 Å². The van der Waals surface area contributed by atoms with Crippen LogP contribution in [0, 0.1) is 11.8 Å². The molecule has 2 N–H and O–H groups in total. The van der Waals surface area contributed by atoms with Gasteiger partial charge in [0.2, 0.25) is 0 Å². The zero-order valence-electron chi connectivity index (χ0n) is 7.75. The van der Waals surface area contributed by atoms with E-state index in [1.54, 1.807) is 0 Å². The second-order valence-corrected chi connectivity index (χ2v) is 3.54. The van der Waals surface area contributed by atoms with Crippen molar-refractivity contribution in [3.63, 3.8) is 0 Å². The lowest BCUT2D eigenvalue weighted by atomic mass is 9.90. The van der Waals surface area contributed by atoms with Crippen molar-refractivity contribution in [3.05, 3.63) is 0 Å². The Hall–Kier alpha value is -0.0800. The van der Waals surface area contributed by atoms with Gasteiger partial charge in [-0.05, 0) is 24.7 Å². The van der Waals surface area contributed by atoms with Gasteiger partial charge in [0, 0.05) is 6.61 Å². The Morgan fingerprint density at radius 2 is 1.73 bits per heavy atom. The first kappa shape index (κ1) is 10.9. The Labute approximate surface area is 69.2 Å². The van der Waals surface area contributed by atoms with Crippen LogP contribution in [0.3, 0.4) is 0 Å². The van der Waals surface area contributed by atoms with Gasteiger partial charge in [-0.2, -0.15) is 0 Å². The molecule has 0 fully saturated rings.